The van der Waals surface area contributed by atoms with Crippen LogP contribution in [-0.4, -0.2) is 22.0 Å². The fourth-order valence-corrected chi connectivity index (χ4v) is 3.75. The molecule has 0 aliphatic carbocycles. The molecule has 130 valence electrons. The second-order valence-corrected chi connectivity index (χ2v) is 7.46. The van der Waals surface area contributed by atoms with Gasteiger partial charge in [0, 0.05) is 11.4 Å². The Morgan fingerprint density at radius 1 is 1.28 bits per heavy atom. The second kappa shape index (κ2) is 7.19. The second-order valence-electron chi connectivity index (χ2n) is 6.26. The Labute approximate surface area is 150 Å². The predicted octanol–water partition coefficient (Wildman–Crippen LogP) is 2.99. The molecule has 0 unspecified atom stereocenters. The molecular weight excluding hydrogens is 334 g/mol. The number of hydrogen-bond acceptors (Lipinski definition) is 4. The van der Waals surface area contributed by atoms with Crippen molar-refractivity contribution in [1.29, 1.82) is 0 Å². The Morgan fingerprint density at radius 3 is 2.72 bits per heavy atom. The maximum Gasteiger partial charge on any atom is 0.262 e. The summed E-state index contributed by atoms with van der Waals surface area (Å²) in [7, 11) is 0. The first-order valence-corrected chi connectivity index (χ1v) is 9.05. The Bertz CT molecular complexity index is 960. The lowest BCUT2D eigenvalue weighted by Gasteiger charge is -2.13. The molecule has 3 rings (SSSR count). The number of hydrogen-bond donors (Lipinski definition) is 1. The molecule has 1 atom stereocenters. The van der Waals surface area contributed by atoms with Crippen molar-refractivity contribution in [2.24, 2.45) is 0 Å². The fourth-order valence-electron chi connectivity index (χ4n) is 2.76. The molecule has 0 radical (unpaired) electrons. The minimum Gasteiger partial charge on any atom is -0.354 e. The number of fused-ring (bicyclic) bond motifs is 1. The third kappa shape index (κ3) is 3.64. The van der Waals surface area contributed by atoms with Gasteiger partial charge in [0.15, 0.2) is 0 Å². The smallest absolute Gasteiger partial charge is 0.262 e. The van der Waals surface area contributed by atoms with Crippen molar-refractivity contribution in [3.63, 3.8) is 0 Å². The number of benzene rings is 1. The van der Waals surface area contributed by atoms with Crippen LogP contribution < -0.4 is 10.9 Å². The molecule has 0 aliphatic heterocycles. The van der Waals surface area contributed by atoms with E-state index in [4.69, 9.17) is 0 Å². The van der Waals surface area contributed by atoms with Crippen molar-refractivity contribution in [2.45, 2.75) is 33.2 Å². The zero-order valence-electron chi connectivity index (χ0n) is 14.6. The molecule has 1 N–H and O–H groups in total. The highest BCUT2D eigenvalue weighted by molar-refractivity contribution is 7.18. The van der Waals surface area contributed by atoms with Crippen molar-refractivity contribution >= 4 is 27.5 Å². The van der Waals surface area contributed by atoms with E-state index in [0.717, 1.165) is 15.3 Å². The lowest BCUT2D eigenvalue weighted by Crippen LogP contribution is -2.34. The first-order valence-electron chi connectivity index (χ1n) is 8.24. The van der Waals surface area contributed by atoms with E-state index in [2.05, 4.69) is 17.2 Å². The molecule has 5 nitrogen and oxygen atoms in total. The van der Waals surface area contributed by atoms with Gasteiger partial charge in [-0.05, 0) is 30.9 Å². The summed E-state index contributed by atoms with van der Waals surface area (Å²) in [4.78, 5) is 31.0. The van der Waals surface area contributed by atoms with Gasteiger partial charge in [-0.3, -0.25) is 14.2 Å². The maximum atomic E-state index is 12.6. The minimum atomic E-state index is -0.185. The lowest BCUT2D eigenvalue weighted by atomic mass is 10.0. The molecule has 1 amide bonds. The van der Waals surface area contributed by atoms with E-state index in [-0.39, 0.29) is 23.9 Å². The van der Waals surface area contributed by atoms with Crippen molar-refractivity contribution < 1.29 is 4.79 Å². The Morgan fingerprint density at radius 2 is 2.00 bits per heavy atom. The van der Waals surface area contributed by atoms with Crippen LogP contribution in [0.25, 0.3) is 10.2 Å². The van der Waals surface area contributed by atoms with Gasteiger partial charge in [-0.2, -0.15) is 0 Å². The number of nitrogens with zero attached hydrogens (tertiary/aromatic N) is 2. The van der Waals surface area contributed by atoms with Gasteiger partial charge in [-0.25, -0.2) is 4.98 Å². The molecule has 2 heterocycles. The van der Waals surface area contributed by atoms with Gasteiger partial charge in [-0.15, -0.1) is 11.3 Å². The van der Waals surface area contributed by atoms with Crippen LogP contribution in [0.1, 0.15) is 28.8 Å². The van der Waals surface area contributed by atoms with E-state index in [0.29, 0.717) is 11.9 Å². The van der Waals surface area contributed by atoms with Crippen LogP contribution in [0.15, 0.2) is 41.5 Å². The number of nitrogens with one attached hydrogen (secondary N) is 1. The first-order chi connectivity index (χ1) is 12.0. The standard InChI is InChI=1S/C19H21N3O2S/c1-12(15-7-5-4-6-8-15)9-20-16(23)10-22-11-21-18-17(19(22)24)13(2)14(3)25-18/h4-8,11-12H,9-10H2,1-3H3,(H,20,23)/t12-/m1/s1. The fraction of sp³-hybridized carbons (Fsp3) is 0.316. The van der Waals surface area contributed by atoms with Crippen LogP contribution in [0, 0.1) is 13.8 Å². The highest BCUT2D eigenvalue weighted by Gasteiger charge is 2.14. The van der Waals surface area contributed by atoms with E-state index in [1.807, 2.05) is 44.2 Å². The third-order valence-corrected chi connectivity index (χ3v) is 5.56. The van der Waals surface area contributed by atoms with Crippen molar-refractivity contribution in [3.05, 3.63) is 63.0 Å². The Kier molecular flexibility index (Phi) is 4.99. The Hall–Kier alpha value is -2.47. The van der Waals surface area contributed by atoms with Crippen LogP contribution in [-0.2, 0) is 11.3 Å². The highest BCUT2D eigenvalue weighted by atomic mass is 32.1. The zero-order valence-corrected chi connectivity index (χ0v) is 15.4. The van der Waals surface area contributed by atoms with Gasteiger partial charge in [0.25, 0.3) is 5.56 Å². The third-order valence-electron chi connectivity index (χ3n) is 4.44. The highest BCUT2D eigenvalue weighted by Crippen LogP contribution is 2.25. The van der Waals surface area contributed by atoms with Crippen LogP contribution >= 0.6 is 11.3 Å². The Balaban J connectivity index is 1.69. The predicted molar refractivity (Wildman–Crippen MR) is 101 cm³/mol. The van der Waals surface area contributed by atoms with Crippen molar-refractivity contribution in [2.75, 3.05) is 6.54 Å². The number of aryl methyl sites for hydroxylation is 2. The number of rotatable bonds is 5. The monoisotopic (exact) mass is 355 g/mol. The summed E-state index contributed by atoms with van der Waals surface area (Å²) in [5.41, 5.74) is 1.97. The molecule has 0 saturated heterocycles. The van der Waals surface area contributed by atoms with Crippen LogP contribution in [0.5, 0.6) is 0 Å². The molecule has 25 heavy (non-hydrogen) atoms. The molecule has 0 spiro atoms. The summed E-state index contributed by atoms with van der Waals surface area (Å²) in [6, 6.07) is 10.0. The summed E-state index contributed by atoms with van der Waals surface area (Å²) < 4.78 is 1.38. The van der Waals surface area contributed by atoms with Gasteiger partial charge in [0.2, 0.25) is 5.91 Å². The number of carbonyl (C=O) groups excluding carboxylic acids is 1. The summed E-state index contributed by atoms with van der Waals surface area (Å²) >= 11 is 1.51. The quantitative estimate of drug-likeness (QED) is 0.765. The van der Waals surface area contributed by atoms with Gasteiger partial charge in [0.1, 0.15) is 11.4 Å². The molecule has 0 bridgehead atoms. The number of amides is 1. The molecule has 2 aromatic heterocycles. The van der Waals surface area contributed by atoms with Gasteiger partial charge < -0.3 is 5.32 Å². The molecule has 1 aromatic carbocycles. The van der Waals surface area contributed by atoms with E-state index in [1.165, 1.54) is 27.8 Å². The van der Waals surface area contributed by atoms with Crippen molar-refractivity contribution in [1.82, 2.24) is 14.9 Å². The topological polar surface area (TPSA) is 64.0 Å². The number of thiophene rings is 1. The largest absolute Gasteiger partial charge is 0.354 e. The van der Waals surface area contributed by atoms with Crippen LogP contribution in [0.3, 0.4) is 0 Å². The maximum absolute atomic E-state index is 12.6. The number of carbonyl (C=O) groups is 1. The lowest BCUT2D eigenvalue weighted by molar-refractivity contribution is -0.121. The van der Waals surface area contributed by atoms with E-state index in [9.17, 15) is 9.59 Å². The summed E-state index contributed by atoms with van der Waals surface area (Å²) in [6.07, 6.45) is 1.46. The molecule has 3 aromatic rings. The molecule has 6 heteroatoms. The van der Waals surface area contributed by atoms with Gasteiger partial charge >= 0.3 is 0 Å². The first kappa shape index (κ1) is 17.4. The van der Waals surface area contributed by atoms with Crippen LogP contribution in [0.2, 0.25) is 0 Å². The van der Waals surface area contributed by atoms with Crippen LogP contribution in [0.4, 0.5) is 0 Å². The molecule has 0 saturated carbocycles. The molecule has 0 aliphatic rings. The molecular formula is C19H21N3O2S. The zero-order chi connectivity index (χ0) is 18.0. The summed E-state index contributed by atoms with van der Waals surface area (Å²) in [5.74, 6) is 0.0277. The van der Waals surface area contributed by atoms with Gasteiger partial charge in [0.05, 0.1) is 11.7 Å². The summed E-state index contributed by atoms with van der Waals surface area (Å²) in [6.45, 7) is 6.47. The normalized spacial score (nSPS) is 12.3. The van der Waals surface area contributed by atoms with E-state index in [1.54, 1.807) is 0 Å². The number of aromatic nitrogens is 2. The summed E-state index contributed by atoms with van der Waals surface area (Å²) in [5, 5.41) is 3.52. The van der Waals surface area contributed by atoms with E-state index >= 15 is 0 Å². The average Bonchev–Trinajstić information content (AvgIpc) is 2.91. The SMILES string of the molecule is Cc1sc2ncn(CC(=O)NC[C@@H](C)c3ccccc3)c(=O)c2c1C. The van der Waals surface area contributed by atoms with Gasteiger partial charge in [-0.1, -0.05) is 37.3 Å². The molecule has 0 fully saturated rings. The van der Waals surface area contributed by atoms with E-state index < -0.39 is 0 Å². The average molecular weight is 355 g/mol. The minimum absolute atomic E-state index is 0.0163. The van der Waals surface area contributed by atoms with Crippen molar-refractivity contribution in [3.8, 4) is 0 Å².